The normalized spacial score (nSPS) is 10.7. The Morgan fingerprint density at radius 2 is 2.04 bits per heavy atom. The van der Waals surface area contributed by atoms with Gasteiger partial charge in [0.2, 0.25) is 5.91 Å². The summed E-state index contributed by atoms with van der Waals surface area (Å²) in [4.78, 5) is 21.0. The molecule has 0 fully saturated rings. The van der Waals surface area contributed by atoms with Crippen molar-refractivity contribution in [2.24, 2.45) is 0 Å². The second-order valence-electron chi connectivity index (χ2n) is 6.26. The zero-order chi connectivity index (χ0) is 18.6. The van der Waals surface area contributed by atoms with Crippen LogP contribution in [0.3, 0.4) is 0 Å². The number of rotatable bonds is 5. The van der Waals surface area contributed by atoms with E-state index in [0.29, 0.717) is 0 Å². The zero-order valence-electron chi connectivity index (χ0n) is 14.8. The second-order valence-corrected chi connectivity index (χ2v) is 7.11. The van der Waals surface area contributed by atoms with E-state index in [1.165, 1.54) is 5.56 Å². The Morgan fingerprint density at radius 3 is 2.78 bits per heavy atom. The van der Waals surface area contributed by atoms with Gasteiger partial charge in [0.05, 0.1) is 18.4 Å². The highest BCUT2D eigenvalue weighted by Crippen LogP contribution is 2.24. The molecule has 6 heteroatoms. The number of aryl methyl sites for hydroxylation is 1. The number of imidazole rings is 1. The first kappa shape index (κ1) is 17.2. The Balaban J connectivity index is 1.40. The van der Waals surface area contributed by atoms with Gasteiger partial charge in [-0.3, -0.25) is 4.79 Å². The van der Waals surface area contributed by atoms with E-state index in [1.54, 1.807) is 23.9 Å². The highest BCUT2D eigenvalue weighted by Gasteiger charge is 2.10. The van der Waals surface area contributed by atoms with Crippen LogP contribution in [-0.4, -0.2) is 20.4 Å². The molecule has 0 atom stereocenters. The van der Waals surface area contributed by atoms with Gasteiger partial charge in [0.15, 0.2) is 0 Å². The van der Waals surface area contributed by atoms with E-state index in [4.69, 9.17) is 0 Å². The van der Waals surface area contributed by atoms with Crippen LogP contribution < -0.4 is 5.32 Å². The van der Waals surface area contributed by atoms with Crippen LogP contribution in [0, 0.1) is 6.92 Å². The van der Waals surface area contributed by atoms with Gasteiger partial charge in [-0.2, -0.15) is 0 Å². The summed E-state index contributed by atoms with van der Waals surface area (Å²) >= 11 is 1.56. The lowest BCUT2D eigenvalue weighted by atomic mass is 10.1. The Labute approximate surface area is 161 Å². The highest BCUT2D eigenvalue weighted by atomic mass is 32.1. The van der Waals surface area contributed by atoms with Crippen molar-refractivity contribution in [2.45, 2.75) is 13.3 Å². The average Bonchev–Trinajstić information content (AvgIpc) is 3.34. The van der Waals surface area contributed by atoms with Gasteiger partial charge in [-0.15, -0.1) is 11.3 Å². The molecular weight excluding hydrogens is 356 g/mol. The SMILES string of the molecule is Cc1cccc(-c2nc(CC(=O)Nc3ccc(-n4ccnc4)cc3)cs2)c1. The number of hydrogen-bond acceptors (Lipinski definition) is 4. The number of aromatic nitrogens is 3. The topological polar surface area (TPSA) is 59.8 Å². The number of thiazole rings is 1. The molecule has 1 amide bonds. The maximum Gasteiger partial charge on any atom is 0.230 e. The third-order valence-corrected chi connectivity index (χ3v) is 5.05. The van der Waals surface area contributed by atoms with E-state index in [2.05, 4.69) is 34.3 Å². The van der Waals surface area contributed by atoms with Gasteiger partial charge in [0.1, 0.15) is 5.01 Å². The first-order valence-corrected chi connectivity index (χ1v) is 9.45. The number of hydrogen-bond donors (Lipinski definition) is 1. The maximum atomic E-state index is 12.3. The molecule has 0 radical (unpaired) electrons. The monoisotopic (exact) mass is 374 g/mol. The molecular formula is C21H18N4OS. The molecule has 0 saturated carbocycles. The molecule has 134 valence electrons. The van der Waals surface area contributed by atoms with Crippen molar-refractivity contribution in [2.75, 3.05) is 5.32 Å². The van der Waals surface area contributed by atoms with E-state index >= 15 is 0 Å². The first-order chi connectivity index (χ1) is 13.2. The molecule has 27 heavy (non-hydrogen) atoms. The lowest BCUT2D eigenvalue weighted by Gasteiger charge is -2.06. The zero-order valence-corrected chi connectivity index (χ0v) is 15.6. The number of carbonyl (C=O) groups excluding carboxylic acids is 1. The van der Waals surface area contributed by atoms with Crippen molar-refractivity contribution < 1.29 is 4.79 Å². The van der Waals surface area contributed by atoms with Crippen molar-refractivity contribution in [3.63, 3.8) is 0 Å². The molecule has 2 aromatic heterocycles. The van der Waals surface area contributed by atoms with Gasteiger partial charge in [0, 0.05) is 34.7 Å². The Kier molecular flexibility index (Phi) is 4.80. The van der Waals surface area contributed by atoms with Crippen LogP contribution >= 0.6 is 11.3 Å². The summed E-state index contributed by atoms with van der Waals surface area (Å²) in [7, 11) is 0. The minimum absolute atomic E-state index is 0.0773. The van der Waals surface area contributed by atoms with E-state index in [-0.39, 0.29) is 12.3 Å². The minimum atomic E-state index is -0.0773. The van der Waals surface area contributed by atoms with Gasteiger partial charge in [-0.25, -0.2) is 9.97 Å². The van der Waals surface area contributed by atoms with Gasteiger partial charge >= 0.3 is 0 Å². The highest BCUT2D eigenvalue weighted by molar-refractivity contribution is 7.13. The first-order valence-electron chi connectivity index (χ1n) is 8.57. The molecule has 2 aromatic carbocycles. The third-order valence-electron chi connectivity index (χ3n) is 4.11. The number of nitrogens with one attached hydrogen (secondary N) is 1. The fraction of sp³-hybridized carbons (Fsp3) is 0.0952. The van der Waals surface area contributed by atoms with Crippen LogP contribution in [0.25, 0.3) is 16.3 Å². The minimum Gasteiger partial charge on any atom is -0.326 e. The number of benzene rings is 2. The summed E-state index contributed by atoms with van der Waals surface area (Å²) < 4.78 is 1.91. The lowest BCUT2D eigenvalue weighted by molar-refractivity contribution is -0.115. The van der Waals surface area contributed by atoms with Crippen LogP contribution in [0.2, 0.25) is 0 Å². The van der Waals surface area contributed by atoms with Crippen LogP contribution in [-0.2, 0) is 11.2 Å². The molecule has 0 saturated heterocycles. The fourth-order valence-electron chi connectivity index (χ4n) is 2.80. The summed E-state index contributed by atoms with van der Waals surface area (Å²) in [6.07, 6.45) is 5.60. The molecule has 4 rings (SSSR count). The Morgan fingerprint density at radius 1 is 1.19 bits per heavy atom. The number of amides is 1. The van der Waals surface area contributed by atoms with E-state index < -0.39 is 0 Å². The lowest BCUT2D eigenvalue weighted by Crippen LogP contribution is -2.14. The molecule has 0 spiro atoms. The third kappa shape index (κ3) is 4.12. The number of anilines is 1. The molecule has 0 aliphatic heterocycles. The van der Waals surface area contributed by atoms with Gasteiger partial charge in [0.25, 0.3) is 0 Å². The fourth-order valence-corrected chi connectivity index (χ4v) is 3.61. The van der Waals surface area contributed by atoms with E-state index in [0.717, 1.165) is 27.6 Å². The summed E-state index contributed by atoms with van der Waals surface area (Å²) in [5.41, 5.74) is 4.82. The predicted octanol–water partition coefficient (Wildman–Crippen LogP) is 4.49. The van der Waals surface area contributed by atoms with Crippen LogP contribution in [0.1, 0.15) is 11.3 Å². The van der Waals surface area contributed by atoms with Crippen molar-refractivity contribution in [3.8, 4) is 16.3 Å². The van der Waals surface area contributed by atoms with Crippen molar-refractivity contribution >= 4 is 22.9 Å². The largest absolute Gasteiger partial charge is 0.326 e. The molecule has 0 aliphatic carbocycles. The second kappa shape index (κ2) is 7.55. The summed E-state index contributed by atoms with van der Waals surface area (Å²) in [5, 5.41) is 5.80. The van der Waals surface area contributed by atoms with Crippen LogP contribution in [0.5, 0.6) is 0 Å². The molecule has 1 N–H and O–H groups in total. The average molecular weight is 374 g/mol. The molecule has 0 unspecified atom stereocenters. The van der Waals surface area contributed by atoms with Crippen LogP contribution in [0.15, 0.2) is 72.6 Å². The van der Waals surface area contributed by atoms with E-state index in [1.807, 2.05) is 52.5 Å². The molecule has 0 aliphatic rings. The maximum absolute atomic E-state index is 12.3. The summed E-state index contributed by atoms with van der Waals surface area (Å²) in [6.45, 7) is 2.06. The standard InChI is InChI=1S/C21H18N4OS/c1-15-3-2-4-16(11-15)21-24-18(13-27-21)12-20(26)23-17-5-7-19(8-6-17)25-10-9-22-14-25/h2-11,13-14H,12H2,1H3,(H,23,26). The van der Waals surface area contributed by atoms with Gasteiger partial charge in [-0.1, -0.05) is 23.8 Å². The van der Waals surface area contributed by atoms with Gasteiger partial charge in [-0.05, 0) is 37.3 Å². The smallest absolute Gasteiger partial charge is 0.230 e. The summed E-state index contributed by atoms with van der Waals surface area (Å²) in [5.74, 6) is -0.0773. The Bertz CT molecular complexity index is 1050. The number of carbonyl (C=O) groups is 1. The van der Waals surface area contributed by atoms with Crippen molar-refractivity contribution in [1.29, 1.82) is 0 Å². The number of nitrogens with zero attached hydrogens (tertiary/aromatic N) is 3. The van der Waals surface area contributed by atoms with E-state index in [9.17, 15) is 4.79 Å². The van der Waals surface area contributed by atoms with Crippen LogP contribution in [0.4, 0.5) is 5.69 Å². The van der Waals surface area contributed by atoms with Crippen molar-refractivity contribution in [3.05, 3.63) is 83.9 Å². The summed E-state index contributed by atoms with van der Waals surface area (Å²) in [6, 6.07) is 15.9. The Hall–Kier alpha value is -3.25. The predicted molar refractivity (Wildman–Crippen MR) is 108 cm³/mol. The molecule has 5 nitrogen and oxygen atoms in total. The molecule has 2 heterocycles. The molecule has 0 bridgehead atoms. The molecule has 4 aromatic rings. The van der Waals surface area contributed by atoms with Crippen molar-refractivity contribution in [1.82, 2.24) is 14.5 Å². The van der Waals surface area contributed by atoms with Gasteiger partial charge < -0.3 is 9.88 Å². The quantitative estimate of drug-likeness (QED) is 0.560.